The van der Waals surface area contributed by atoms with E-state index in [2.05, 4.69) is 104 Å². The molecule has 3 aromatic carbocycles. The van der Waals surface area contributed by atoms with Gasteiger partial charge in [0.1, 0.15) is 11.6 Å². The van der Waals surface area contributed by atoms with Gasteiger partial charge in [0, 0.05) is 48.3 Å². The quantitative estimate of drug-likeness (QED) is 0.0945. The van der Waals surface area contributed by atoms with Crippen molar-refractivity contribution in [3.8, 4) is 11.3 Å². The second kappa shape index (κ2) is 14.9. The van der Waals surface area contributed by atoms with Gasteiger partial charge in [-0.05, 0) is 39.8 Å². The van der Waals surface area contributed by atoms with Crippen molar-refractivity contribution < 1.29 is 30.0 Å². The summed E-state index contributed by atoms with van der Waals surface area (Å²) in [6.45, 7) is 28.9. The summed E-state index contributed by atoms with van der Waals surface area (Å²) < 4.78 is 0. The average molecular weight is 800 g/mol. The molecule has 46 heavy (non-hydrogen) atoms. The molecule has 1 N–H and O–H groups in total. The van der Waals surface area contributed by atoms with Gasteiger partial charge < -0.3 is 5.11 Å². The molecule has 0 atom stereocenters. The van der Waals surface area contributed by atoms with Gasteiger partial charge in [0.25, 0.3) is 0 Å². The Morgan fingerprint density at radius 3 is 2.04 bits per heavy atom. The Bertz CT molecular complexity index is 1710. The minimum absolute atomic E-state index is 0. The van der Waals surface area contributed by atoms with Crippen molar-refractivity contribution in [2.75, 3.05) is 0 Å². The zero-order valence-electron chi connectivity index (χ0n) is 30.6. The number of carbonyl (C=O) groups excluding carboxylic acids is 1. The van der Waals surface area contributed by atoms with E-state index in [0.29, 0.717) is 5.92 Å². The summed E-state index contributed by atoms with van der Waals surface area (Å²) in [4.78, 5) is 21.7. The van der Waals surface area contributed by atoms with Crippen molar-refractivity contribution in [1.29, 1.82) is 0 Å². The van der Waals surface area contributed by atoms with Gasteiger partial charge in [-0.3, -0.25) is 9.78 Å². The summed E-state index contributed by atoms with van der Waals surface area (Å²) in [5, 5.41) is 13.2. The van der Waals surface area contributed by atoms with E-state index in [1.807, 2.05) is 41.5 Å². The molecule has 1 heterocycles. The summed E-state index contributed by atoms with van der Waals surface area (Å²) >= 11 is 0. The summed E-state index contributed by atoms with van der Waals surface area (Å²) in [5.41, 5.74) is 6.24. The molecule has 1 radical (unpaired) electrons. The number of aliphatic hydroxyl groups is 1. The van der Waals surface area contributed by atoms with Crippen LogP contribution in [0.1, 0.15) is 118 Å². The molecular formula is C41H55IrN2O2-. The predicted molar refractivity (Wildman–Crippen MR) is 192 cm³/mol. The fraction of sp³-hybridized carbons (Fsp3) is 0.488. The van der Waals surface area contributed by atoms with Crippen LogP contribution in [0, 0.1) is 29.7 Å². The summed E-state index contributed by atoms with van der Waals surface area (Å²) in [5.74, 6) is 1.83. The molecule has 0 aliphatic rings. The number of aliphatic hydroxyl groups excluding tert-OH is 1. The third kappa shape index (κ3) is 9.81. The number of benzene rings is 3. The van der Waals surface area contributed by atoms with Crippen molar-refractivity contribution >= 4 is 27.5 Å². The number of rotatable bonds is 5. The minimum Gasteiger partial charge on any atom is -0.512 e. The molecule has 0 aliphatic carbocycles. The van der Waals surface area contributed by atoms with E-state index >= 15 is 0 Å². The Labute approximate surface area is 291 Å². The maximum Gasteiger partial charge on any atom is 0.164 e. The second-order valence-corrected chi connectivity index (χ2v) is 16.3. The normalized spacial score (nSPS) is 12.7. The largest absolute Gasteiger partial charge is 0.512 e. The van der Waals surface area contributed by atoms with E-state index in [0.717, 1.165) is 40.0 Å². The first-order valence-electron chi connectivity index (χ1n) is 16.3. The first kappa shape index (κ1) is 39.3. The fourth-order valence-electron chi connectivity index (χ4n) is 4.96. The first-order valence-corrected chi connectivity index (χ1v) is 16.3. The third-order valence-corrected chi connectivity index (χ3v) is 7.86. The van der Waals surface area contributed by atoms with Gasteiger partial charge in [0.05, 0.1) is 5.52 Å². The second-order valence-electron chi connectivity index (χ2n) is 16.3. The van der Waals surface area contributed by atoms with Crippen molar-refractivity contribution in [2.24, 2.45) is 16.7 Å². The number of aryl methyl sites for hydroxylation is 1. The van der Waals surface area contributed by atoms with Gasteiger partial charge in [-0.15, -0.1) is 34.9 Å². The zero-order chi connectivity index (χ0) is 34.1. The molecule has 251 valence electrons. The smallest absolute Gasteiger partial charge is 0.164 e. The molecule has 4 aromatic rings. The molecule has 4 rings (SSSR count). The predicted octanol–water partition coefficient (Wildman–Crippen LogP) is 11.3. The monoisotopic (exact) mass is 800 g/mol. The molecule has 0 bridgehead atoms. The topological polar surface area (TPSA) is 63.1 Å². The number of fused-ring (bicyclic) bond motifs is 3. The van der Waals surface area contributed by atoms with Gasteiger partial charge in [-0.25, -0.2) is 4.98 Å². The number of nitrogens with zero attached hydrogens (tertiary/aromatic N) is 2. The molecule has 0 amide bonds. The molecule has 0 saturated heterocycles. The number of hydrogen-bond donors (Lipinski definition) is 1. The van der Waals surface area contributed by atoms with E-state index < -0.39 is 5.41 Å². The summed E-state index contributed by atoms with van der Waals surface area (Å²) in [7, 11) is 0. The maximum absolute atomic E-state index is 11.5. The number of aromatic nitrogens is 2. The van der Waals surface area contributed by atoms with Crippen LogP contribution in [0.5, 0.6) is 0 Å². The van der Waals surface area contributed by atoms with Gasteiger partial charge in [-0.2, -0.15) is 0 Å². The van der Waals surface area contributed by atoms with Crippen LogP contribution in [-0.2, 0) is 36.7 Å². The zero-order valence-corrected chi connectivity index (χ0v) is 33.0. The Morgan fingerprint density at radius 2 is 1.52 bits per heavy atom. The minimum atomic E-state index is -0.417. The molecule has 0 fully saturated rings. The molecule has 4 nitrogen and oxygen atoms in total. The summed E-state index contributed by atoms with van der Waals surface area (Å²) in [6, 6.07) is 19.2. The van der Waals surface area contributed by atoms with E-state index in [4.69, 9.17) is 9.97 Å². The van der Waals surface area contributed by atoms with Crippen molar-refractivity contribution in [3.63, 3.8) is 0 Å². The number of allylic oxidation sites excluding steroid dienone is 2. The third-order valence-electron chi connectivity index (χ3n) is 7.86. The number of carbonyl (C=O) groups is 1. The van der Waals surface area contributed by atoms with Crippen LogP contribution in [0.2, 0.25) is 0 Å². The van der Waals surface area contributed by atoms with E-state index in [1.54, 1.807) is 0 Å². The Hall–Kier alpha value is -2.88. The Morgan fingerprint density at radius 1 is 0.891 bits per heavy atom. The van der Waals surface area contributed by atoms with Crippen molar-refractivity contribution in [3.05, 3.63) is 82.9 Å². The first-order chi connectivity index (χ1) is 20.6. The average Bonchev–Trinajstić information content (AvgIpc) is 2.90. The van der Waals surface area contributed by atoms with Crippen LogP contribution in [0.4, 0.5) is 0 Å². The molecule has 0 saturated carbocycles. The molecule has 0 spiro atoms. The van der Waals surface area contributed by atoms with Crippen LogP contribution in [0.25, 0.3) is 32.9 Å². The SMILES string of the molecule is CC(C)(C)C(=O)/C=C(\O)C(C)(C)C.Cc1[c-]c(-c2nc(C(C)C)nc3c2ccc2cccc(CC(C)C)c23)cc(C(C)(C)C)c1.[Ir]. The van der Waals surface area contributed by atoms with Crippen molar-refractivity contribution in [2.45, 2.75) is 115 Å². The van der Waals surface area contributed by atoms with Crippen molar-refractivity contribution in [1.82, 2.24) is 9.97 Å². The Balaban J connectivity index is 0.000000449. The van der Waals surface area contributed by atoms with Gasteiger partial charge >= 0.3 is 0 Å². The van der Waals surface area contributed by atoms with Gasteiger partial charge in [0.15, 0.2) is 5.78 Å². The van der Waals surface area contributed by atoms with E-state index in [-0.39, 0.29) is 48.4 Å². The van der Waals surface area contributed by atoms with Crippen LogP contribution in [0.15, 0.2) is 54.3 Å². The number of hydrogen-bond acceptors (Lipinski definition) is 4. The molecule has 0 aliphatic heterocycles. The van der Waals surface area contributed by atoms with Crippen LogP contribution < -0.4 is 0 Å². The number of ketones is 1. The summed E-state index contributed by atoms with van der Waals surface area (Å²) in [6.07, 6.45) is 2.37. The molecule has 1 aromatic heterocycles. The van der Waals surface area contributed by atoms with Crippen LogP contribution in [0.3, 0.4) is 0 Å². The van der Waals surface area contributed by atoms with E-state index in [9.17, 15) is 9.90 Å². The Kier molecular flexibility index (Phi) is 12.7. The molecule has 0 unspecified atom stereocenters. The van der Waals surface area contributed by atoms with E-state index in [1.165, 1.54) is 28.0 Å². The molecular weight excluding hydrogens is 745 g/mol. The molecule has 5 heteroatoms. The fourth-order valence-corrected chi connectivity index (χ4v) is 4.96. The van der Waals surface area contributed by atoms with Crippen LogP contribution in [-0.4, -0.2) is 20.9 Å². The van der Waals surface area contributed by atoms with Gasteiger partial charge in [0.2, 0.25) is 0 Å². The maximum atomic E-state index is 11.5. The van der Waals surface area contributed by atoms with Gasteiger partial charge in [-0.1, -0.05) is 127 Å². The standard InChI is InChI=1S/C30H35N2.C11H20O2.Ir/c1-18(2)14-22-11-9-10-21-12-13-25-27(31-29(19(3)4)32-28(25)26(21)22)23-15-20(5)16-24(17-23)30(6,7)8;1-10(2,3)8(12)7-9(13)11(4,5)6;/h9-13,16-19H,14H2,1-8H3;7,12H,1-6H3;/q-1;;/b;8-7-;. The van der Waals surface area contributed by atoms with Crippen LogP contribution >= 0.6 is 0 Å².